The number of hydrogen-bond donors (Lipinski definition) is 3. The molecule has 0 unspecified atom stereocenters. The standard InChI is InChI=1S/C6H12O4.C2H6O/c7-1-6(2-8)3-9-5-10-4-6;1-2-3/h7-8H,1-5H2;3H,2H2,1H3. The van der Waals surface area contributed by atoms with Gasteiger partial charge in [0, 0.05) is 6.61 Å². The van der Waals surface area contributed by atoms with Crippen molar-refractivity contribution in [2.75, 3.05) is 39.8 Å². The van der Waals surface area contributed by atoms with E-state index in [0.717, 1.165) is 0 Å². The van der Waals surface area contributed by atoms with Gasteiger partial charge in [-0.25, -0.2) is 0 Å². The molecule has 5 heteroatoms. The van der Waals surface area contributed by atoms with Crippen LogP contribution in [0.3, 0.4) is 0 Å². The highest BCUT2D eigenvalue weighted by Crippen LogP contribution is 2.19. The maximum Gasteiger partial charge on any atom is 0.146 e. The third-order valence-electron chi connectivity index (χ3n) is 1.65. The Hall–Kier alpha value is -0.200. The normalized spacial score (nSPS) is 20.3. The number of aliphatic hydroxyl groups excluding tert-OH is 3. The Bertz CT molecular complexity index is 105. The van der Waals surface area contributed by atoms with Crippen LogP contribution in [0, 0.1) is 5.41 Å². The van der Waals surface area contributed by atoms with E-state index in [0.29, 0.717) is 13.2 Å². The van der Waals surface area contributed by atoms with Crippen LogP contribution in [0.1, 0.15) is 6.92 Å². The van der Waals surface area contributed by atoms with Crippen LogP contribution in [0.5, 0.6) is 0 Å². The Morgan fingerprint density at radius 3 is 1.69 bits per heavy atom. The first-order valence-corrected chi connectivity index (χ1v) is 4.22. The molecule has 1 rings (SSSR count). The van der Waals surface area contributed by atoms with E-state index in [1.165, 1.54) is 0 Å². The minimum Gasteiger partial charge on any atom is -0.397 e. The molecule has 0 spiro atoms. The van der Waals surface area contributed by atoms with Gasteiger partial charge in [-0.2, -0.15) is 0 Å². The zero-order valence-electron chi connectivity index (χ0n) is 7.90. The molecule has 1 aliphatic heterocycles. The van der Waals surface area contributed by atoms with Gasteiger partial charge in [0.2, 0.25) is 0 Å². The molecule has 5 nitrogen and oxygen atoms in total. The molecule has 1 saturated heterocycles. The van der Waals surface area contributed by atoms with Crippen molar-refractivity contribution in [3.63, 3.8) is 0 Å². The second kappa shape index (κ2) is 7.23. The van der Waals surface area contributed by atoms with Crippen LogP contribution < -0.4 is 0 Å². The molecule has 0 radical (unpaired) electrons. The first kappa shape index (κ1) is 12.8. The first-order chi connectivity index (χ1) is 6.24. The summed E-state index contributed by atoms with van der Waals surface area (Å²) in [6, 6.07) is 0. The minimum absolute atomic E-state index is 0.0938. The molecule has 0 amide bonds. The molecule has 3 N–H and O–H groups in total. The molecule has 13 heavy (non-hydrogen) atoms. The van der Waals surface area contributed by atoms with Gasteiger partial charge in [-0.15, -0.1) is 0 Å². The van der Waals surface area contributed by atoms with Crippen LogP contribution in [0.25, 0.3) is 0 Å². The van der Waals surface area contributed by atoms with Crippen LogP contribution >= 0.6 is 0 Å². The third-order valence-corrected chi connectivity index (χ3v) is 1.65. The predicted octanol–water partition coefficient (Wildman–Crippen LogP) is -1.04. The van der Waals surface area contributed by atoms with Crippen LogP contribution in [0.15, 0.2) is 0 Å². The summed E-state index contributed by atoms with van der Waals surface area (Å²) in [5.74, 6) is 0. The SMILES string of the molecule is CCO.OCC1(CO)COCOC1. The van der Waals surface area contributed by atoms with Gasteiger partial charge in [-0.3, -0.25) is 0 Å². The lowest BCUT2D eigenvalue weighted by Gasteiger charge is -2.32. The lowest BCUT2D eigenvalue weighted by atomic mass is 9.92. The van der Waals surface area contributed by atoms with Crippen molar-refractivity contribution in [2.24, 2.45) is 5.41 Å². The van der Waals surface area contributed by atoms with Crippen molar-refractivity contribution < 1.29 is 24.8 Å². The van der Waals surface area contributed by atoms with Gasteiger partial charge in [0.15, 0.2) is 0 Å². The summed E-state index contributed by atoms with van der Waals surface area (Å²) in [5.41, 5.74) is -0.571. The summed E-state index contributed by atoms with van der Waals surface area (Å²) in [7, 11) is 0. The Balaban J connectivity index is 0.000000424. The van der Waals surface area contributed by atoms with Crippen LogP contribution in [0.4, 0.5) is 0 Å². The van der Waals surface area contributed by atoms with Crippen LogP contribution in [-0.4, -0.2) is 55.1 Å². The van der Waals surface area contributed by atoms with E-state index in [1.54, 1.807) is 6.92 Å². The largest absolute Gasteiger partial charge is 0.397 e. The van der Waals surface area contributed by atoms with Gasteiger partial charge in [0.1, 0.15) is 6.79 Å². The van der Waals surface area contributed by atoms with E-state index in [-0.39, 0.29) is 26.6 Å². The molecular weight excluding hydrogens is 176 g/mol. The van der Waals surface area contributed by atoms with Crippen molar-refractivity contribution in [3.8, 4) is 0 Å². The number of ether oxygens (including phenoxy) is 2. The average molecular weight is 194 g/mol. The van der Waals surface area contributed by atoms with E-state index in [2.05, 4.69) is 0 Å². The lowest BCUT2D eigenvalue weighted by molar-refractivity contribution is -0.187. The fraction of sp³-hybridized carbons (Fsp3) is 1.00. The molecule has 0 saturated carbocycles. The smallest absolute Gasteiger partial charge is 0.146 e. The summed E-state index contributed by atoms with van der Waals surface area (Å²) < 4.78 is 9.85. The number of rotatable bonds is 2. The van der Waals surface area contributed by atoms with E-state index >= 15 is 0 Å². The molecule has 1 heterocycles. The highest BCUT2D eigenvalue weighted by atomic mass is 16.7. The van der Waals surface area contributed by atoms with Gasteiger partial charge in [-0.05, 0) is 6.92 Å². The highest BCUT2D eigenvalue weighted by Gasteiger charge is 2.32. The van der Waals surface area contributed by atoms with Gasteiger partial charge in [0.05, 0.1) is 31.8 Å². The van der Waals surface area contributed by atoms with Gasteiger partial charge < -0.3 is 24.8 Å². The third kappa shape index (κ3) is 4.54. The van der Waals surface area contributed by atoms with E-state index < -0.39 is 5.41 Å². The van der Waals surface area contributed by atoms with Crippen LogP contribution in [-0.2, 0) is 9.47 Å². The maximum absolute atomic E-state index is 8.82. The molecule has 0 aromatic carbocycles. The van der Waals surface area contributed by atoms with Gasteiger partial charge in [-0.1, -0.05) is 0 Å². The van der Waals surface area contributed by atoms with Crippen LogP contribution in [0.2, 0.25) is 0 Å². The zero-order chi connectivity index (χ0) is 10.2. The fourth-order valence-corrected chi connectivity index (χ4v) is 0.850. The monoisotopic (exact) mass is 194 g/mol. The Labute approximate surface area is 77.9 Å². The van der Waals surface area contributed by atoms with Gasteiger partial charge in [0.25, 0.3) is 0 Å². The molecule has 0 aliphatic carbocycles. The second-order valence-electron chi connectivity index (χ2n) is 2.95. The second-order valence-corrected chi connectivity index (χ2v) is 2.95. The van der Waals surface area contributed by atoms with E-state index in [1.807, 2.05) is 0 Å². The van der Waals surface area contributed by atoms with Crippen molar-refractivity contribution in [1.82, 2.24) is 0 Å². The first-order valence-electron chi connectivity index (χ1n) is 4.22. The molecule has 0 aromatic heterocycles. The summed E-state index contributed by atoms with van der Waals surface area (Å²) in [6.07, 6.45) is 0. The molecule has 0 atom stereocenters. The Morgan fingerprint density at radius 2 is 1.46 bits per heavy atom. The predicted molar refractivity (Wildman–Crippen MR) is 46.1 cm³/mol. The van der Waals surface area contributed by atoms with Crippen molar-refractivity contribution >= 4 is 0 Å². The van der Waals surface area contributed by atoms with E-state index in [9.17, 15) is 0 Å². The molecule has 1 fully saturated rings. The minimum atomic E-state index is -0.571. The average Bonchev–Trinajstić information content (AvgIpc) is 2.20. The van der Waals surface area contributed by atoms with Crippen molar-refractivity contribution in [3.05, 3.63) is 0 Å². The van der Waals surface area contributed by atoms with Crippen molar-refractivity contribution in [2.45, 2.75) is 6.92 Å². The quantitative estimate of drug-likeness (QED) is 0.523. The summed E-state index contributed by atoms with van der Waals surface area (Å²) in [6.45, 7) is 2.76. The Kier molecular flexibility index (Phi) is 7.12. The highest BCUT2D eigenvalue weighted by molar-refractivity contribution is 4.78. The fourth-order valence-electron chi connectivity index (χ4n) is 0.850. The van der Waals surface area contributed by atoms with Gasteiger partial charge >= 0.3 is 0 Å². The molecule has 0 aromatic rings. The summed E-state index contributed by atoms with van der Waals surface area (Å²) in [4.78, 5) is 0. The molecular formula is C8H18O5. The van der Waals surface area contributed by atoms with E-state index in [4.69, 9.17) is 24.8 Å². The molecule has 1 aliphatic rings. The summed E-state index contributed by atoms with van der Waals surface area (Å²) in [5, 5.41) is 25.2. The zero-order valence-corrected chi connectivity index (χ0v) is 7.90. The number of hydrogen-bond acceptors (Lipinski definition) is 5. The maximum atomic E-state index is 8.82. The lowest BCUT2D eigenvalue weighted by Crippen LogP contribution is -2.43. The topological polar surface area (TPSA) is 79.2 Å². The molecule has 0 bridgehead atoms. The summed E-state index contributed by atoms with van der Waals surface area (Å²) >= 11 is 0. The molecule has 80 valence electrons. The number of aliphatic hydroxyl groups is 3. The van der Waals surface area contributed by atoms with Crippen molar-refractivity contribution in [1.29, 1.82) is 0 Å². The Morgan fingerprint density at radius 1 is 1.08 bits per heavy atom.